The SMILES string of the molecule is c1ccc(-c2nc3nc(n2)Sc2nc(nc(-c4ccccc4)n2)Sc2nc(nc(-c4ccccc4)n2)S3)cc1. The summed E-state index contributed by atoms with van der Waals surface area (Å²) in [7, 11) is 0. The number of aromatic nitrogens is 9. The predicted octanol–water partition coefficient (Wildman–Crippen LogP) is 6.01. The van der Waals surface area contributed by atoms with Crippen molar-refractivity contribution in [1.29, 1.82) is 0 Å². The Morgan fingerprint density at radius 3 is 0.744 bits per heavy atom. The van der Waals surface area contributed by atoms with E-state index in [1.54, 1.807) is 0 Å². The van der Waals surface area contributed by atoms with Crippen LogP contribution in [0.25, 0.3) is 34.2 Å². The largest absolute Gasteiger partial charge is 0.202 e. The summed E-state index contributed by atoms with van der Waals surface area (Å²) in [6.07, 6.45) is 0. The van der Waals surface area contributed by atoms with Crippen LogP contribution in [0.3, 0.4) is 0 Å². The molecule has 4 heterocycles. The predicted molar refractivity (Wildman–Crippen MR) is 148 cm³/mol. The van der Waals surface area contributed by atoms with Crippen molar-refractivity contribution < 1.29 is 0 Å². The van der Waals surface area contributed by atoms with E-state index in [1.807, 2.05) is 91.0 Å². The Kier molecular flexibility index (Phi) is 6.40. The number of fused-ring (bicyclic) bond motifs is 6. The van der Waals surface area contributed by atoms with Gasteiger partial charge in [0.2, 0.25) is 0 Å². The van der Waals surface area contributed by atoms with Crippen molar-refractivity contribution in [2.75, 3.05) is 0 Å². The van der Waals surface area contributed by atoms with Crippen LogP contribution in [0.4, 0.5) is 0 Å². The molecular weight excluding hydrogens is 547 g/mol. The summed E-state index contributed by atoms with van der Waals surface area (Å²) in [6, 6.07) is 29.3. The first kappa shape index (κ1) is 23.8. The number of rotatable bonds is 3. The molecule has 6 aromatic rings. The minimum atomic E-state index is 0.464. The molecule has 0 saturated carbocycles. The molecule has 0 amide bonds. The molecule has 0 unspecified atom stereocenters. The second-order valence-electron chi connectivity index (χ2n) is 8.08. The van der Waals surface area contributed by atoms with Crippen LogP contribution in [0.5, 0.6) is 0 Å². The van der Waals surface area contributed by atoms with Crippen molar-refractivity contribution >= 4 is 35.3 Å². The number of hydrogen-bond acceptors (Lipinski definition) is 12. The van der Waals surface area contributed by atoms with Gasteiger partial charge in [-0.15, -0.1) is 0 Å². The van der Waals surface area contributed by atoms with Gasteiger partial charge in [0, 0.05) is 16.7 Å². The fourth-order valence-electron chi connectivity index (χ4n) is 3.68. The van der Waals surface area contributed by atoms with Crippen LogP contribution in [-0.4, -0.2) is 44.9 Å². The standard InChI is InChI=1S/C27H15N9S3/c1-4-10-16(11-5-1)19-28-22-34-23(29-19)38-25-31-21(18-14-8-3-9-15-18)33-27(36-25)39-26-32-20(30-24(35-26)37-22)17-12-6-2-7-13-17/h1-15H. The first-order valence-corrected chi connectivity index (χ1v) is 14.2. The van der Waals surface area contributed by atoms with Gasteiger partial charge in [-0.05, 0) is 35.3 Å². The molecule has 186 valence electrons. The maximum atomic E-state index is 4.72. The summed E-state index contributed by atoms with van der Waals surface area (Å²) < 4.78 is 0. The first-order valence-electron chi connectivity index (χ1n) is 11.7. The zero-order valence-corrected chi connectivity index (χ0v) is 22.4. The Hall–Kier alpha value is -4.26. The monoisotopic (exact) mass is 561 g/mol. The topological polar surface area (TPSA) is 116 Å². The lowest BCUT2D eigenvalue weighted by Crippen LogP contribution is -2.04. The maximum absolute atomic E-state index is 4.72. The minimum Gasteiger partial charge on any atom is -0.202 e. The fourth-order valence-corrected chi connectivity index (χ4v) is 5.93. The second kappa shape index (κ2) is 10.5. The third-order valence-electron chi connectivity index (χ3n) is 5.43. The normalized spacial score (nSPS) is 12.3. The van der Waals surface area contributed by atoms with Crippen LogP contribution in [0, 0.1) is 0 Å². The van der Waals surface area contributed by atoms with Crippen molar-refractivity contribution in [3.63, 3.8) is 0 Å². The second-order valence-corrected chi connectivity index (χ2v) is 10.9. The molecule has 12 heteroatoms. The van der Waals surface area contributed by atoms with Gasteiger partial charge >= 0.3 is 0 Å². The van der Waals surface area contributed by atoms with E-state index in [9.17, 15) is 0 Å². The van der Waals surface area contributed by atoms with Crippen molar-refractivity contribution in [3.05, 3.63) is 91.0 Å². The lowest BCUT2D eigenvalue weighted by atomic mass is 10.2. The van der Waals surface area contributed by atoms with Crippen molar-refractivity contribution in [3.8, 4) is 34.2 Å². The quantitative estimate of drug-likeness (QED) is 0.251. The van der Waals surface area contributed by atoms with E-state index < -0.39 is 0 Å². The van der Waals surface area contributed by atoms with Crippen molar-refractivity contribution in [2.24, 2.45) is 0 Å². The highest BCUT2D eigenvalue weighted by Crippen LogP contribution is 2.34. The summed E-state index contributed by atoms with van der Waals surface area (Å²) in [5.74, 6) is 1.62. The summed E-state index contributed by atoms with van der Waals surface area (Å²) in [5, 5.41) is 2.78. The summed E-state index contributed by atoms with van der Waals surface area (Å²) in [4.78, 5) is 42.4. The van der Waals surface area contributed by atoms with Gasteiger partial charge < -0.3 is 0 Å². The van der Waals surface area contributed by atoms with Crippen LogP contribution >= 0.6 is 35.3 Å². The van der Waals surface area contributed by atoms with Crippen LogP contribution < -0.4 is 0 Å². The zero-order valence-electron chi connectivity index (χ0n) is 19.9. The van der Waals surface area contributed by atoms with Crippen molar-refractivity contribution in [1.82, 2.24) is 44.9 Å². The van der Waals surface area contributed by atoms with Crippen LogP contribution in [0.1, 0.15) is 0 Å². The first-order chi connectivity index (χ1) is 19.2. The Balaban J connectivity index is 1.43. The maximum Gasteiger partial charge on any atom is 0.200 e. The van der Waals surface area contributed by atoms with Crippen LogP contribution in [0.2, 0.25) is 0 Å². The van der Waals surface area contributed by atoms with Gasteiger partial charge in [0.05, 0.1) is 0 Å². The van der Waals surface area contributed by atoms with E-state index >= 15 is 0 Å². The van der Waals surface area contributed by atoms with Gasteiger partial charge in [-0.1, -0.05) is 91.0 Å². The lowest BCUT2D eigenvalue weighted by Gasteiger charge is -2.11. The summed E-state index contributed by atoms with van der Waals surface area (Å²) in [5.41, 5.74) is 2.61. The zero-order chi connectivity index (χ0) is 26.0. The van der Waals surface area contributed by atoms with E-state index in [1.165, 1.54) is 35.3 Å². The minimum absolute atomic E-state index is 0.464. The molecule has 39 heavy (non-hydrogen) atoms. The average molecular weight is 562 g/mol. The number of hydrogen-bond donors (Lipinski definition) is 0. The van der Waals surface area contributed by atoms with Gasteiger partial charge in [0.15, 0.2) is 48.4 Å². The molecule has 0 radical (unpaired) electrons. The molecule has 1 aliphatic heterocycles. The Labute approximate surface area is 235 Å². The molecule has 7 rings (SSSR count). The van der Waals surface area contributed by atoms with E-state index in [4.69, 9.17) is 44.9 Å². The van der Waals surface area contributed by atoms with E-state index in [0.29, 0.717) is 48.4 Å². The smallest absolute Gasteiger partial charge is 0.200 e. The summed E-state index contributed by atoms with van der Waals surface area (Å²) in [6.45, 7) is 0. The third kappa shape index (κ3) is 5.35. The van der Waals surface area contributed by atoms with Crippen LogP contribution in [-0.2, 0) is 0 Å². The van der Waals surface area contributed by atoms with Gasteiger partial charge in [0.1, 0.15) is 0 Å². The summed E-state index contributed by atoms with van der Waals surface area (Å²) >= 11 is 3.77. The Morgan fingerprint density at radius 2 is 0.513 bits per heavy atom. The molecule has 1 aliphatic rings. The highest BCUT2D eigenvalue weighted by Gasteiger charge is 2.20. The molecule has 9 nitrogen and oxygen atoms in total. The highest BCUT2D eigenvalue weighted by molar-refractivity contribution is 8.00. The van der Waals surface area contributed by atoms with Gasteiger partial charge in [0.25, 0.3) is 0 Å². The molecule has 3 aromatic heterocycles. The van der Waals surface area contributed by atoms with Gasteiger partial charge in [-0.2, -0.15) is 15.0 Å². The average Bonchev–Trinajstić information content (AvgIpc) is 2.98. The molecule has 3 aromatic carbocycles. The molecule has 0 saturated heterocycles. The third-order valence-corrected chi connectivity index (χ3v) is 7.62. The number of benzene rings is 3. The molecule has 6 bridgehead atoms. The highest BCUT2D eigenvalue weighted by atomic mass is 32.2. The number of nitrogens with zero attached hydrogens (tertiary/aromatic N) is 9. The molecule has 0 atom stereocenters. The lowest BCUT2D eigenvalue weighted by molar-refractivity contribution is 0.761. The van der Waals surface area contributed by atoms with Gasteiger partial charge in [-0.25, -0.2) is 29.9 Å². The molecule has 0 N–H and O–H groups in total. The van der Waals surface area contributed by atoms with Crippen LogP contribution in [0.15, 0.2) is 122 Å². The molecule has 0 spiro atoms. The Bertz CT molecular complexity index is 1520. The van der Waals surface area contributed by atoms with Gasteiger partial charge in [-0.3, -0.25) is 0 Å². The Morgan fingerprint density at radius 1 is 0.282 bits per heavy atom. The molecule has 0 fully saturated rings. The molecular formula is C27H15N9S3. The van der Waals surface area contributed by atoms with E-state index in [-0.39, 0.29) is 0 Å². The van der Waals surface area contributed by atoms with E-state index in [2.05, 4.69) is 0 Å². The fraction of sp³-hybridized carbons (Fsp3) is 0. The van der Waals surface area contributed by atoms with E-state index in [0.717, 1.165) is 16.7 Å². The molecule has 0 aliphatic carbocycles. The van der Waals surface area contributed by atoms with Crippen molar-refractivity contribution in [2.45, 2.75) is 30.9 Å².